The number of ether oxygens (including phenoxy) is 1. The molecule has 16 heavy (non-hydrogen) atoms. The molecule has 0 saturated carbocycles. The van der Waals surface area contributed by atoms with Crippen LogP contribution in [0.4, 0.5) is 8.78 Å². The van der Waals surface area contributed by atoms with Crippen LogP contribution in [0.25, 0.3) is 0 Å². The van der Waals surface area contributed by atoms with E-state index in [9.17, 15) is 8.78 Å². The van der Waals surface area contributed by atoms with Gasteiger partial charge in [-0.2, -0.15) is 5.10 Å². The van der Waals surface area contributed by atoms with Crippen LogP contribution in [-0.4, -0.2) is 22.3 Å². The van der Waals surface area contributed by atoms with E-state index in [0.29, 0.717) is 6.61 Å². The maximum Gasteiger partial charge on any atom is 0.257 e. The minimum absolute atomic E-state index is 0.130. The number of rotatable bonds is 6. The molecule has 0 aliphatic carbocycles. The Morgan fingerprint density at radius 2 is 2.25 bits per heavy atom. The first-order valence-electron chi connectivity index (χ1n) is 5.14. The van der Waals surface area contributed by atoms with Crippen molar-refractivity contribution in [2.45, 2.75) is 45.9 Å². The van der Waals surface area contributed by atoms with Crippen molar-refractivity contribution in [1.82, 2.24) is 9.78 Å². The van der Waals surface area contributed by atoms with Crippen LogP contribution in [0.3, 0.4) is 0 Å². The first-order valence-corrected chi connectivity index (χ1v) is 6.22. The van der Waals surface area contributed by atoms with Crippen molar-refractivity contribution in [3.05, 3.63) is 15.5 Å². The highest BCUT2D eigenvalue weighted by atomic mass is 127. The lowest BCUT2D eigenvalue weighted by Gasteiger charge is -2.12. The predicted octanol–water partition coefficient (Wildman–Crippen LogP) is 3.07. The van der Waals surface area contributed by atoms with Gasteiger partial charge in [0.05, 0.1) is 28.2 Å². The van der Waals surface area contributed by atoms with E-state index in [4.69, 9.17) is 4.74 Å². The molecule has 0 radical (unpaired) electrons. The molecule has 3 nitrogen and oxygen atoms in total. The molecule has 1 heterocycles. The fraction of sp³-hybridized carbons (Fsp3) is 0.700. The molecule has 0 aliphatic rings. The lowest BCUT2D eigenvalue weighted by Crippen LogP contribution is -2.15. The largest absolute Gasteiger partial charge is 0.372 e. The Balaban J connectivity index is 2.66. The molecule has 0 aliphatic heterocycles. The number of halogens is 3. The number of hydrogen-bond donors (Lipinski definition) is 0. The van der Waals surface area contributed by atoms with Gasteiger partial charge in [-0.25, -0.2) is 8.78 Å². The van der Waals surface area contributed by atoms with E-state index in [1.807, 2.05) is 13.8 Å². The summed E-state index contributed by atoms with van der Waals surface area (Å²) in [6.45, 7) is 3.94. The first kappa shape index (κ1) is 13.8. The summed E-state index contributed by atoms with van der Waals surface area (Å²) in [5.41, 5.74) is 0.723. The molecule has 0 amide bonds. The predicted molar refractivity (Wildman–Crippen MR) is 65.5 cm³/mol. The Labute approximate surface area is 107 Å². The van der Waals surface area contributed by atoms with E-state index in [0.717, 1.165) is 15.7 Å². The zero-order chi connectivity index (χ0) is 12.1. The second-order valence-corrected chi connectivity index (χ2v) is 4.70. The van der Waals surface area contributed by atoms with Crippen LogP contribution < -0.4 is 0 Å². The highest BCUT2D eigenvalue weighted by Crippen LogP contribution is 2.15. The minimum atomic E-state index is -2.39. The van der Waals surface area contributed by atoms with Crippen molar-refractivity contribution in [2.75, 3.05) is 0 Å². The van der Waals surface area contributed by atoms with Crippen molar-refractivity contribution < 1.29 is 13.5 Å². The Morgan fingerprint density at radius 3 is 2.81 bits per heavy atom. The molecule has 0 fully saturated rings. The Hall–Kier alpha value is -0.240. The molecule has 0 bridgehead atoms. The summed E-state index contributed by atoms with van der Waals surface area (Å²) in [7, 11) is 0. The van der Waals surface area contributed by atoms with Gasteiger partial charge >= 0.3 is 0 Å². The molecule has 1 aromatic heterocycles. The van der Waals surface area contributed by atoms with Crippen LogP contribution in [0.15, 0.2) is 6.20 Å². The third kappa shape index (κ3) is 3.97. The van der Waals surface area contributed by atoms with Gasteiger partial charge in [-0.15, -0.1) is 0 Å². The molecule has 1 atom stereocenters. The van der Waals surface area contributed by atoms with Crippen LogP contribution in [0, 0.1) is 3.57 Å². The van der Waals surface area contributed by atoms with Gasteiger partial charge in [0.2, 0.25) is 0 Å². The van der Waals surface area contributed by atoms with Crippen molar-refractivity contribution in [3.63, 3.8) is 0 Å². The summed E-state index contributed by atoms with van der Waals surface area (Å²) in [6.07, 6.45) is 0.224. The van der Waals surface area contributed by atoms with Gasteiger partial charge < -0.3 is 4.74 Å². The molecule has 6 heteroatoms. The summed E-state index contributed by atoms with van der Waals surface area (Å²) >= 11 is 2.08. The Morgan fingerprint density at radius 1 is 1.56 bits per heavy atom. The SMILES string of the molecule is CC[C@H](C)OCc1c(I)cnn1CC(F)F. The summed E-state index contributed by atoms with van der Waals surface area (Å²) in [5.74, 6) is 0. The smallest absolute Gasteiger partial charge is 0.257 e. The number of hydrogen-bond acceptors (Lipinski definition) is 2. The van der Waals surface area contributed by atoms with Crippen LogP contribution in [0.1, 0.15) is 26.0 Å². The van der Waals surface area contributed by atoms with Gasteiger partial charge in [0.25, 0.3) is 6.43 Å². The molecule has 0 aromatic carbocycles. The summed E-state index contributed by atoms with van der Waals surface area (Å²) < 4.78 is 32.2. The van der Waals surface area contributed by atoms with Crippen molar-refractivity contribution in [2.24, 2.45) is 0 Å². The molecule has 1 aromatic rings. The third-order valence-electron chi connectivity index (χ3n) is 2.29. The standard InChI is InChI=1S/C10H15F2IN2O/c1-3-7(2)16-6-9-8(13)4-14-15(9)5-10(11)12/h4,7,10H,3,5-6H2,1-2H3/t7-/m0/s1. The topological polar surface area (TPSA) is 27.1 Å². The maximum atomic E-state index is 12.3. The summed E-state index contributed by atoms with van der Waals surface area (Å²) in [5, 5.41) is 3.91. The Kier molecular flexibility index (Phi) is 5.60. The number of alkyl halides is 2. The van der Waals surface area contributed by atoms with Gasteiger partial charge in [0.1, 0.15) is 6.54 Å². The van der Waals surface area contributed by atoms with E-state index >= 15 is 0 Å². The molecule has 0 spiro atoms. The normalized spacial score (nSPS) is 13.4. The van der Waals surface area contributed by atoms with Gasteiger partial charge in [-0.1, -0.05) is 6.92 Å². The highest BCUT2D eigenvalue weighted by molar-refractivity contribution is 14.1. The van der Waals surface area contributed by atoms with Gasteiger partial charge in [-0.3, -0.25) is 4.68 Å². The minimum Gasteiger partial charge on any atom is -0.372 e. The van der Waals surface area contributed by atoms with Crippen LogP contribution >= 0.6 is 22.6 Å². The van der Waals surface area contributed by atoms with E-state index in [-0.39, 0.29) is 12.6 Å². The second-order valence-electron chi connectivity index (χ2n) is 3.54. The quantitative estimate of drug-likeness (QED) is 0.742. The number of aromatic nitrogens is 2. The molecule has 92 valence electrons. The van der Waals surface area contributed by atoms with Gasteiger partial charge in [0, 0.05) is 0 Å². The average molecular weight is 344 g/mol. The van der Waals surface area contributed by atoms with Crippen LogP contribution in [-0.2, 0) is 17.9 Å². The van der Waals surface area contributed by atoms with Gasteiger partial charge in [0.15, 0.2) is 0 Å². The first-order chi connectivity index (χ1) is 7.54. The average Bonchev–Trinajstić information content (AvgIpc) is 2.56. The molecular weight excluding hydrogens is 329 g/mol. The Bertz CT molecular complexity index is 331. The molecule has 0 N–H and O–H groups in total. The summed E-state index contributed by atoms with van der Waals surface area (Å²) in [6, 6.07) is 0. The fourth-order valence-electron chi connectivity index (χ4n) is 1.16. The molecular formula is C10H15F2IN2O. The van der Waals surface area contributed by atoms with Crippen molar-refractivity contribution in [1.29, 1.82) is 0 Å². The lowest BCUT2D eigenvalue weighted by molar-refractivity contribution is 0.0435. The lowest BCUT2D eigenvalue weighted by atomic mass is 10.3. The second kappa shape index (κ2) is 6.48. The molecule has 0 unspecified atom stereocenters. The maximum absolute atomic E-state index is 12.3. The monoisotopic (exact) mass is 344 g/mol. The molecule has 1 rings (SSSR count). The van der Waals surface area contributed by atoms with E-state index in [2.05, 4.69) is 27.7 Å². The van der Waals surface area contributed by atoms with Crippen molar-refractivity contribution >= 4 is 22.6 Å². The zero-order valence-corrected chi connectivity index (χ0v) is 11.4. The van der Waals surface area contributed by atoms with Crippen molar-refractivity contribution in [3.8, 4) is 0 Å². The number of nitrogens with zero attached hydrogens (tertiary/aromatic N) is 2. The highest BCUT2D eigenvalue weighted by Gasteiger charge is 2.13. The summed E-state index contributed by atoms with van der Waals surface area (Å²) in [4.78, 5) is 0. The fourth-order valence-corrected chi connectivity index (χ4v) is 1.72. The molecule has 0 saturated heterocycles. The zero-order valence-electron chi connectivity index (χ0n) is 9.29. The third-order valence-corrected chi connectivity index (χ3v) is 3.19. The van der Waals surface area contributed by atoms with E-state index < -0.39 is 6.43 Å². The van der Waals surface area contributed by atoms with Crippen LogP contribution in [0.5, 0.6) is 0 Å². The van der Waals surface area contributed by atoms with E-state index in [1.165, 1.54) is 4.68 Å². The van der Waals surface area contributed by atoms with E-state index in [1.54, 1.807) is 6.20 Å². The van der Waals surface area contributed by atoms with Crippen LogP contribution in [0.2, 0.25) is 0 Å². The van der Waals surface area contributed by atoms with Gasteiger partial charge in [-0.05, 0) is 35.9 Å².